The van der Waals surface area contributed by atoms with Crippen LogP contribution in [0.5, 0.6) is 0 Å². The molecule has 0 saturated heterocycles. The zero-order chi connectivity index (χ0) is 13.5. The second-order valence-electron chi connectivity index (χ2n) is 5.75. The van der Waals surface area contributed by atoms with E-state index in [1.807, 2.05) is 39.8 Å². The molecular formula is C14H20N2O2. The highest BCUT2D eigenvalue weighted by atomic mass is 16.6. The summed E-state index contributed by atoms with van der Waals surface area (Å²) in [6.45, 7) is 8.80. The Morgan fingerprint density at radius 1 is 1.33 bits per heavy atom. The number of carbonyl (C=O) groups excluding carboxylic acids is 1. The summed E-state index contributed by atoms with van der Waals surface area (Å²) in [5, 5.41) is 0. The maximum atomic E-state index is 12.0. The summed E-state index contributed by atoms with van der Waals surface area (Å²) in [6.07, 6.45) is -0.267. The number of ether oxygens (including phenoxy) is 1. The number of anilines is 1. The molecule has 0 aliphatic carbocycles. The Bertz CT molecular complexity index is 489. The Labute approximate surface area is 108 Å². The molecule has 1 aliphatic heterocycles. The highest BCUT2D eigenvalue weighted by Crippen LogP contribution is 2.29. The summed E-state index contributed by atoms with van der Waals surface area (Å²) in [5.74, 6) is 0. The van der Waals surface area contributed by atoms with Crippen molar-refractivity contribution < 1.29 is 9.53 Å². The molecule has 0 fully saturated rings. The summed E-state index contributed by atoms with van der Waals surface area (Å²) >= 11 is 0. The van der Waals surface area contributed by atoms with Crippen LogP contribution in [-0.2, 0) is 17.8 Å². The van der Waals surface area contributed by atoms with Gasteiger partial charge in [-0.2, -0.15) is 0 Å². The minimum Gasteiger partial charge on any atom is -0.444 e. The third-order valence-electron chi connectivity index (χ3n) is 3.10. The molecule has 2 N–H and O–H groups in total. The molecule has 0 spiro atoms. The minimum absolute atomic E-state index is 0.267. The molecule has 0 saturated carbocycles. The third-order valence-corrected chi connectivity index (χ3v) is 3.10. The Morgan fingerprint density at radius 3 is 2.61 bits per heavy atom. The Hall–Kier alpha value is -1.71. The van der Waals surface area contributed by atoms with Gasteiger partial charge in [-0.25, -0.2) is 4.79 Å². The fourth-order valence-electron chi connectivity index (χ4n) is 2.11. The molecule has 1 amide bonds. The molecule has 18 heavy (non-hydrogen) atoms. The van der Waals surface area contributed by atoms with Crippen LogP contribution in [0.3, 0.4) is 0 Å². The molecule has 0 aromatic heterocycles. The Balaban J connectivity index is 2.15. The lowest BCUT2D eigenvalue weighted by Crippen LogP contribution is -2.33. The summed E-state index contributed by atoms with van der Waals surface area (Å²) in [7, 11) is 0. The van der Waals surface area contributed by atoms with Crippen molar-refractivity contribution >= 4 is 11.8 Å². The van der Waals surface area contributed by atoms with E-state index in [9.17, 15) is 4.79 Å². The summed E-state index contributed by atoms with van der Waals surface area (Å²) in [6, 6.07) is 3.88. The van der Waals surface area contributed by atoms with E-state index in [0.717, 1.165) is 22.4 Å². The van der Waals surface area contributed by atoms with Gasteiger partial charge in [0, 0.05) is 12.2 Å². The van der Waals surface area contributed by atoms with Gasteiger partial charge in [0.05, 0.1) is 6.54 Å². The zero-order valence-corrected chi connectivity index (χ0v) is 11.4. The lowest BCUT2D eigenvalue weighted by Gasteiger charge is -2.24. The number of nitrogens with two attached hydrogens (primary N) is 1. The molecule has 1 aliphatic rings. The highest BCUT2D eigenvalue weighted by Gasteiger charge is 2.28. The zero-order valence-electron chi connectivity index (χ0n) is 11.4. The number of rotatable bonds is 0. The monoisotopic (exact) mass is 248 g/mol. The van der Waals surface area contributed by atoms with E-state index in [1.165, 1.54) is 0 Å². The number of nitrogens with zero attached hydrogens (tertiary/aromatic N) is 1. The van der Waals surface area contributed by atoms with Gasteiger partial charge in [-0.1, -0.05) is 6.07 Å². The first-order valence-electron chi connectivity index (χ1n) is 6.12. The normalized spacial score (nSPS) is 14.6. The van der Waals surface area contributed by atoms with Crippen molar-refractivity contribution in [1.29, 1.82) is 0 Å². The van der Waals surface area contributed by atoms with Crippen LogP contribution in [0, 0.1) is 6.92 Å². The van der Waals surface area contributed by atoms with Crippen LogP contribution < -0.4 is 5.73 Å². The van der Waals surface area contributed by atoms with Gasteiger partial charge in [-0.3, -0.25) is 4.90 Å². The number of hydrogen-bond acceptors (Lipinski definition) is 3. The van der Waals surface area contributed by atoms with Gasteiger partial charge < -0.3 is 10.5 Å². The Morgan fingerprint density at radius 2 is 2.00 bits per heavy atom. The minimum atomic E-state index is -0.458. The van der Waals surface area contributed by atoms with Crippen molar-refractivity contribution in [3.63, 3.8) is 0 Å². The summed E-state index contributed by atoms with van der Waals surface area (Å²) < 4.78 is 5.38. The predicted octanol–water partition coefficient (Wildman–Crippen LogP) is 2.83. The first-order valence-corrected chi connectivity index (χ1v) is 6.12. The van der Waals surface area contributed by atoms with E-state index < -0.39 is 5.60 Å². The smallest absolute Gasteiger partial charge is 0.410 e. The van der Waals surface area contributed by atoms with Crippen LogP contribution in [0.25, 0.3) is 0 Å². The van der Waals surface area contributed by atoms with Crippen LogP contribution >= 0.6 is 0 Å². The molecule has 1 aromatic carbocycles. The molecule has 0 unspecified atom stereocenters. The number of fused-ring (bicyclic) bond motifs is 1. The summed E-state index contributed by atoms with van der Waals surface area (Å²) in [5.41, 5.74) is 9.58. The number of amides is 1. The van der Waals surface area contributed by atoms with Crippen LogP contribution in [-0.4, -0.2) is 16.6 Å². The molecule has 98 valence electrons. The molecule has 1 aromatic rings. The Kier molecular flexibility index (Phi) is 2.97. The van der Waals surface area contributed by atoms with E-state index in [-0.39, 0.29) is 6.09 Å². The topological polar surface area (TPSA) is 55.6 Å². The van der Waals surface area contributed by atoms with Crippen molar-refractivity contribution in [2.45, 2.75) is 46.4 Å². The lowest BCUT2D eigenvalue weighted by molar-refractivity contribution is 0.0242. The van der Waals surface area contributed by atoms with E-state index in [1.54, 1.807) is 4.90 Å². The van der Waals surface area contributed by atoms with Crippen molar-refractivity contribution in [2.24, 2.45) is 0 Å². The SMILES string of the molecule is Cc1c(N)ccc2c1CN(C(=O)OC(C)(C)C)C2. The number of carbonyl (C=O) groups is 1. The quantitative estimate of drug-likeness (QED) is 0.718. The van der Waals surface area contributed by atoms with Gasteiger partial charge in [-0.05, 0) is 50.5 Å². The number of benzene rings is 1. The van der Waals surface area contributed by atoms with Crippen molar-refractivity contribution in [2.75, 3.05) is 5.73 Å². The van der Waals surface area contributed by atoms with Gasteiger partial charge >= 0.3 is 6.09 Å². The standard InChI is InChI=1S/C14H20N2O2/c1-9-11-8-16(13(17)18-14(2,3)4)7-10(11)5-6-12(9)15/h5-6H,7-8,15H2,1-4H3. The second-order valence-corrected chi connectivity index (χ2v) is 5.75. The molecule has 1 heterocycles. The van der Waals surface area contributed by atoms with E-state index in [0.29, 0.717) is 13.1 Å². The van der Waals surface area contributed by atoms with Gasteiger partial charge in [0.2, 0.25) is 0 Å². The second kappa shape index (κ2) is 4.19. The molecule has 0 atom stereocenters. The average Bonchev–Trinajstić information content (AvgIpc) is 2.66. The first-order chi connectivity index (χ1) is 8.28. The van der Waals surface area contributed by atoms with Crippen LogP contribution in [0.1, 0.15) is 37.5 Å². The van der Waals surface area contributed by atoms with E-state index in [2.05, 4.69) is 0 Å². The van der Waals surface area contributed by atoms with Crippen molar-refractivity contribution in [3.8, 4) is 0 Å². The van der Waals surface area contributed by atoms with Gasteiger partial charge in [0.15, 0.2) is 0 Å². The molecule has 4 nitrogen and oxygen atoms in total. The fraction of sp³-hybridized carbons (Fsp3) is 0.500. The van der Waals surface area contributed by atoms with Crippen molar-refractivity contribution in [3.05, 3.63) is 28.8 Å². The third kappa shape index (κ3) is 2.42. The van der Waals surface area contributed by atoms with Crippen LogP contribution in [0.2, 0.25) is 0 Å². The van der Waals surface area contributed by atoms with Crippen molar-refractivity contribution in [1.82, 2.24) is 4.90 Å². The van der Waals surface area contributed by atoms with Crippen LogP contribution in [0.15, 0.2) is 12.1 Å². The van der Waals surface area contributed by atoms with Gasteiger partial charge in [0.1, 0.15) is 5.60 Å². The maximum Gasteiger partial charge on any atom is 0.410 e. The predicted molar refractivity (Wildman–Crippen MR) is 71.1 cm³/mol. The number of nitrogen functional groups attached to an aromatic ring is 1. The highest BCUT2D eigenvalue weighted by molar-refractivity contribution is 5.70. The maximum absolute atomic E-state index is 12.0. The molecular weight excluding hydrogens is 228 g/mol. The first kappa shape index (κ1) is 12.7. The molecule has 2 rings (SSSR count). The largest absolute Gasteiger partial charge is 0.444 e. The molecule has 4 heteroatoms. The van der Waals surface area contributed by atoms with Gasteiger partial charge in [-0.15, -0.1) is 0 Å². The number of hydrogen-bond donors (Lipinski definition) is 1. The van der Waals surface area contributed by atoms with Gasteiger partial charge in [0.25, 0.3) is 0 Å². The molecule has 0 radical (unpaired) electrons. The average molecular weight is 248 g/mol. The summed E-state index contributed by atoms with van der Waals surface area (Å²) in [4.78, 5) is 13.7. The van der Waals surface area contributed by atoms with Crippen LogP contribution in [0.4, 0.5) is 10.5 Å². The lowest BCUT2D eigenvalue weighted by atomic mass is 10.0. The van der Waals surface area contributed by atoms with E-state index >= 15 is 0 Å². The van der Waals surface area contributed by atoms with E-state index in [4.69, 9.17) is 10.5 Å². The molecule has 0 bridgehead atoms. The fourth-order valence-corrected chi connectivity index (χ4v) is 2.11.